The molecule has 2 unspecified atom stereocenters. The van der Waals surface area contributed by atoms with E-state index in [9.17, 15) is 0 Å². The van der Waals surface area contributed by atoms with Crippen LogP contribution in [0.3, 0.4) is 0 Å². The summed E-state index contributed by atoms with van der Waals surface area (Å²) < 4.78 is 1.98. The Hall–Kier alpha value is -1.06. The summed E-state index contributed by atoms with van der Waals surface area (Å²) in [6.45, 7) is 3.17. The van der Waals surface area contributed by atoms with Crippen LogP contribution >= 0.6 is 11.6 Å². The van der Waals surface area contributed by atoms with Gasteiger partial charge in [-0.15, -0.1) is 0 Å². The van der Waals surface area contributed by atoms with E-state index >= 15 is 0 Å². The Morgan fingerprint density at radius 1 is 1.39 bits per heavy atom. The number of halogens is 1. The molecule has 2 heterocycles. The van der Waals surface area contributed by atoms with E-state index < -0.39 is 0 Å². The fourth-order valence-electron chi connectivity index (χ4n) is 2.74. The zero-order valence-electron chi connectivity index (χ0n) is 10.6. The minimum Gasteiger partial charge on any atom is -0.308 e. The van der Waals surface area contributed by atoms with E-state index in [1.54, 1.807) is 0 Å². The predicted molar refractivity (Wildman–Crippen MR) is 73.8 cm³/mol. The minimum absolute atomic E-state index is 0.661. The zero-order valence-corrected chi connectivity index (χ0v) is 11.3. The van der Waals surface area contributed by atoms with Crippen LogP contribution in [0.1, 0.15) is 31.9 Å². The number of nitrogens with zero attached hydrogens (tertiary/aromatic N) is 2. The van der Waals surface area contributed by atoms with Gasteiger partial charge in [-0.25, -0.2) is 4.98 Å². The van der Waals surface area contributed by atoms with Crippen molar-refractivity contribution in [2.45, 2.75) is 38.8 Å². The molecule has 3 rings (SSSR count). The monoisotopic (exact) mass is 263 g/mol. The first kappa shape index (κ1) is 12.0. The van der Waals surface area contributed by atoms with Crippen molar-refractivity contribution in [3.8, 4) is 0 Å². The molecule has 2 atom stereocenters. The molecule has 4 heteroatoms. The topological polar surface area (TPSA) is 29.3 Å². The van der Waals surface area contributed by atoms with Crippen LogP contribution in [0.2, 0.25) is 5.02 Å². The van der Waals surface area contributed by atoms with E-state index in [-0.39, 0.29) is 0 Å². The summed E-state index contributed by atoms with van der Waals surface area (Å²) in [6.07, 6.45) is 7.87. The third-order valence-corrected chi connectivity index (χ3v) is 3.96. The van der Waals surface area contributed by atoms with Gasteiger partial charge < -0.3 is 9.72 Å². The molecule has 96 valence electrons. The van der Waals surface area contributed by atoms with Crippen molar-refractivity contribution in [3.05, 3.63) is 35.2 Å². The number of imidazole rings is 1. The average Bonchev–Trinajstić information content (AvgIpc) is 2.92. The second-order valence-corrected chi connectivity index (χ2v) is 5.78. The third kappa shape index (κ3) is 2.52. The van der Waals surface area contributed by atoms with Crippen LogP contribution in [0.25, 0.3) is 5.65 Å². The van der Waals surface area contributed by atoms with E-state index in [4.69, 9.17) is 11.6 Å². The lowest BCUT2D eigenvalue weighted by Crippen LogP contribution is -2.25. The Kier molecular flexibility index (Phi) is 3.27. The maximum atomic E-state index is 5.96. The molecule has 3 nitrogen and oxygen atoms in total. The maximum absolute atomic E-state index is 5.96. The van der Waals surface area contributed by atoms with Gasteiger partial charge in [-0.2, -0.15) is 0 Å². The van der Waals surface area contributed by atoms with Crippen molar-refractivity contribution in [1.29, 1.82) is 0 Å². The second kappa shape index (κ2) is 4.90. The summed E-state index contributed by atoms with van der Waals surface area (Å²) in [7, 11) is 0. The Morgan fingerprint density at radius 2 is 2.28 bits per heavy atom. The zero-order chi connectivity index (χ0) is 12.5. The van der Waals surface area contributed by atoms with E-state index in [1.807, 2.05) is 28.9 Å². The van der Waals surface area contributed by atoms with Gasteiger partial charge in [-0.1, -0.05) is 18.5 Å². The summed E-state index contributed by atoms with van der Waals surface area (Å²) in [5.41, 5.74) is 2.04. The largest absolute Gasteiger partial charge is 0.308 e. The molecule has 1 saturated carbocycles. The van der Waals surface area contributed by atoms with E-state index in [1.165, 1.54) is 19.3 Å². The van der Waals surface area contributed by atoms with Gasteiger partial charge in [-0.3, -0.25) is 0 Å². The summed E-state index contributed by atoms with van der Waals surface area (Å²) in [6, 6.07) is 4.48. The van der Waals surface area contributed by atoms with Crippen LogP contribution < -0.4 is 5.32 Å². The fourth-order valence-corrected chi connectivity index (χ4v) is 2.91. The van der Waals surface area contributed by atoms with Gasteiger partial charge >= 0.3 is 0 Å². The van der Waals surface area contributed by atoms with Gasteiger partial charge in [0.2, 0.25) is 0 Å². The highest BCUT2D eigenvalue weighted by atomic mass is 35.5. The number of hydrogen-bond acceptors (Lipinski definition) is 2. The first-order valence-corrected chi connectivity index (χ1v) is 6.95. The number of rotatable bonds is 3. The molecule has 0 aromatic carbocycles. The highest BCUT2D eigenvalue weighted by Crippen LogP contribution is 2.24. The van der Waals surface area contributed by atoms with Crippen molar-refractivity contribution in [1.82, 2.24) is 14.7 Å². The summed E-state index contributed by atoms with van der Waals surface area (Å²) in [5.74, 6) is 0.863. The van der Waals surface area contributed by atoms with Crippen LogP contribution in [0.5, 0.6) is 0 Å². The fraction of sp³-hybridized carbons (Fsp3) is 0.500. The molecule has 1 fully saturated rings. The molecule has 0 aliphatic heterocycles. The van der Waals surface area contributed by atoms with Gasteiger partial charge in [0.15, 0.2) is 0 Å². The lowest BCUT2D eigenvalue weighted by molar-refractivity contribution is 0.499. The summed E-state index contributed by atoms with van der Waals surface area (Å²) in [4.78, 5) is 4.58. The van der Waals surface area contributed by atoms with Crippen molar-refractivity contribution < 1.29 is 0 Å². The van der Waals surface area contributed by atoms with E-state index in [2.05, 4.69) is 17.2 Å². The lowest BCUT2D eigenvalue weighted by atomic mass is 10.1. The van der Waals surface area contributed by atoms with Gasteiger partial charge in [0, 0.05) is 25.0 Å². The van der Waals surface area contributed by atoms with Crippen molar-refractivity contribution >= 4 is 17.2 Å². The number of fused-ring (bicyclic) bond motifs is 1. The third-order valence-electron chi connectivity index (χ3n) is 3.73. The normalized spacial score (nSPS) is 23.9. The second-order valence-electron chi connectivity index (χ2n) is 5.34. The quantitative estimate of drug-likeness (QED) is 0.921. The molecule has 0 amide bonds. The Bertz CT molecular complexity index is 549. The van der Waals surface area contributed by atoms with Crippen LogP contribution in [-0.2, 0) is 6.54 Å². The van der Waals surface area contributed by atoms with Crippen molar-refractivity contribution in [2.24, 2.45) is 5.92 Å². The standard InChI is InChI=1S/C14H18ClN3/c1-10-2-4-12(6-10)16-7-13-9-18-8-11(15)3-5-14(18)17-13/h3,5,8-10,12,16H,2,4,6-7H2,1H3. The molecule has 18 heavy (non-hydrogen) atoms. The average molecular weight is 264 g/mol. The minimum atomic E-state index is 0.661. The first-order valence-electron chi connectivity index (χ1n) is 6.57. The maximum Gasteiger partial charge on any atom is 0.137 e. The van der Waals surface area contributed by atoms with Crippen LogP contribution in [0.15, 0.2) is 24.5 Å². The molecule has 0 bridgehead atoms. The predicted octanol–water partition coefficient (Wildman–Crippen LogP) is 3.27. The highest BCUT2D eigenvalue weighted by Gasteiger charge is 2.20. The lowest BCUT2D eigenvalue weighted by Gasteiger charge is -2.10. The molecule has 0 spiro atoms. The molecule has 2 aromatic rings. The Morgan fingerprint density at radius 3 is 3.06 bits per heavy atom. The van der Waals surface area contributed by atoms with Gasteiger partial charge in [0.1, 0.15) is 5.65 Å². The van der Waals surface area contributed by atoms with Crippen molar-refractivity contribution in [2.75, 3.05) is 0 Å². The number of pyridine rings is 1. The van der Waals surface area contributed by atoms with E-state index in [0.717, 1.165) is 28.8 Å². The smallest absolute Gasteiger partial charge is 0.137 e. The SMILES string of the molecule is CC1CCC(NCc2cn3cc(Cl)ccc3n2)C1. The first-order chi connectivity index (χ1) is 8.70. The molecule has 1 N–H and O–H groups in total. The van der Waals surface area contributed by atoms with Gasteiger partial charge in [0.25, 0.3) is 0 Å². The van der Waals surface area contributed by atoms with Crippen LogP contribution in [-0.4, -0.2) is 15.4 Å². The number of hydrogen-bond donors (Lipinski definition) is 1. The summed E-state index contributed by atoms with van der Waals surface area (Å²) >= 11 is 5.96. The molecule has 2 aromatic heterocycles. The Balaban J connectivity index is 1.67. The molecule has 0 saturated heterocycles. The summed E-state index contributed by atoms with van der Waals surface area (Å²) in [5, 5.41) is 4.33. The highest BCUT2D eigenvalue weighted by molar-refractivity contribution is 6.30. The Labute approximate surface area is 112 Å². The number of aromatic nitrogens is 2. The van der Waals surface area contributed by atoms with Crippen LogP contribution in [0.4, 0.5) is 0 Å². The molecule has 0 radical (unpaired) electrons. The van der Waals surface area contributed by atoms with Crippen molar-refractivity contribution in [3.63, 3.8) is 0 Å². The molecular weight excluding hydrogens is 246 g/mol. The van der Waals surface area contributed by atoms with E-state index in [0.29, 0.717) is 6.04 Å². The molecule has 1 aliphatic rings. The molecular formula is C14H18ClN3. The number of nitrogens with one attached hydrogen (secondary N) is 1. The molecule has 1 aliphatic carbocycles. The van der Waals surface area contributed by atoms with Gasteiger partial charge in [0.05, 0.1) is 10.7 Å². The van der Waals surface area contributed by atoms with Crippen LogP contribution in [0, 0.1) is 5.92 Å². The van der Waals surface area contributed by atoms with Gasteiger partial charge in [-0.05, 0) is 37.3 Å².